The molecule has 0 saturated heterocycles. The van der Waals surface area contributed by atoms with Gasteiger partial charge in [-0.1, -0.05) is 78.9 Å². The van der Waals surface area contributed by atoms with E-state index in [0.717, 1.165) is 31.4 Å². The van der Waals surface area contributed by atoms with Gasteiger partial charge in [-0.15, -0.1) is 6.58 Å². The molecule has 0 bridgehead atoms. The summed E-state index contributed by atoms with van der Waals surface area (Å²) in [4.78, 5) is 0. The van der Waals surface area contributed by atoms with Crippen molar-refractivity contribution in [3.05, 3.63) is 114 Å². The first-order valence-corrected chi connectivity index (χ1v) is 9.63. The minimum Gasteiger partial charge on any atom is -0.497 e. The fraction of sp³-hybridized carbons (Fsp3) is 0.231. The van der Waals surface area contributed by atoms with Crippen LogP contribution in [-0.4, -0.2) is 7.11 Å². The van der Waals surface area contributed by atoms with Gasteiger partial charge in [-0.25, -0.2) is 0 Å². The van der Waals surface area contributed by atoms with E-state index < -0.39 is 0 Å². The van der Waals surface area contributed by atoms with Crippen molar-refractivity contribution in [2.75, 3.05) is 7.11 Å². The lowest BCUT2D eigenvalue weighted by atomic mass is 9.68. The van der Waals surface area contributed by atoms with E-state index in [2.05, 4.69) is 79.4 Å². The molecule has 138 valence electrons. The maximum absolute atomic E-state index is 5.30. The van der Waals surface area contributed by atoms with Crippen LogP contribution < -0.4 is 4.74 Å². The van der Waals surface area contributed by atoms with Crippen LogP contribution in [-0.2, 0) is 11.8 Å². The van der Waals surface area contributed by atoms with Gasteiger partial charge in [0.25, 0.3) is 0 Å². The molecule has 0 aliphatic heterocycles. The van der Waals surface area contributed by atoms with Gasteiger partial charge in [-0.2, -0.15) is 0 Å². The van der Waals surface area contributed by atoms with Gasteiger partial charge in [0, 0.05) is 5.41 Å². The summed E-state index contributed by atoms with van der Waals surface area (Å²) in [6, 6.07) is 30.3. The summed E-state index contributed by atoms with van der Waals surface area (Å²) < 4.78 is 5.30. The van der Waals surface area contributed by atoms with Gasteiger partial charge in [0.05, 0.1) is 7.11 Å². The summed E-state index contributed by atoms with van der Waals surface area (Å²) in [5.41, 5.74) is 4.08. The van der Waals surface area contributed by atoms with Crippen molar-refractivity contribution in [3.8, 4) is 5.75 Å². The molecular formula is C26H28O. The van der Waals surface area contributed by atoms with Gasteiger partial charge in [0.1, 0.15) is 5.75 Å². The second kappa shape index (κ2) is 9.23. The highest BCUT2D eigenvalue weighted by Crippen LogP contribution is 2.41. The summed E-state index contributed by atoms with van der Waals surface area (Å²) in [5, 5.41) is 0. The lowest BCUT2D eigenvalue weighted by molar-refractivity contribution is 0.414. The van der Waals surface area contributed by atoms with Gasteiger partial charge in [-0.3, -0.25) is 0 Å². The minimum absolute atomic E-state index is 0.0172. The van der Waals surface area contributed by atoms with Crippen molar-refractivity contribution in [2.24, 2.45) is 0 Å². The molecule has 27 heavy (non-hydrogen) atoms. The van der Waals surface area contributed by atoms with Crippen molar-refractivity contribution < 1.29 is 4.74 Å². The monoisotopic (exact) mass is 356 g/mol. The number of aryl methyl sites for hydroxylation is 1. The Morgan fingerprint density at radius 1 is 0.778 bits per heavy atom. The number of hydrogen-bond donors (Lipinski definition) is 0. The molecule has 0 fully saturated rings. The van der Waals surface area contributed by atoms with Crippen LogP contribution in [0.1, 0.15) is 36.0 Å². The van der Waals surface area contributed by atoms with Gasteiger partial charge in [0.2, 0.25) is 0 Å². The first kappa shape index (κ1) is 19.0. The highest BCUT2D eigenvalue weighted by Gasteiger charge is 2.33. The van der Waals surface area contributed by atoms with E-state index in [9.17, 15) is 0 Å². The van der Waals surface area contributed by atoms with Crippen LogP contribution in [0.5, 0.6) is 5.75 Å². The second-order valence-corrected chi connectivity index (χ2v) is 6.99. The van der Waals surface area contributed by atoms with Crippen LogP contribution in [0, 0.1) is 0 Å². The standard InChI is InChI=1S/C26H28O/c1-3-4-20-26(23-11-7-5-8-12-23,24-13-9-6-10-14-24)21-19-22-15-17-25(27-2)18-16-22/h3,5-18H,1,4,19-21H2,2H3. The van der Waals surface area contributed by atoms with Gasteiger partial charge >= 0.3 is 0 Å². The zero-order valence-corrected chi connectivity index (χ0v) is 16.1. The molecule has 1 nitrogen and oxygen atoms in total. The predicted molar refractivity (Wildman–Crippen MR) is 114 cm³/mol. The molecule has 0 spiro atoms. The molecule has 0 heterocycles. The van der Waals surface area contributed by atoms with Crippen LogP contribution in [0.25, 0.3) is 0 Å². The lowest BCUT2D eigenvalue weighted by Crippen LogP contribution is -2.28. The Balaban J connectivity index is 1.97. The summed E-state index contributed by atoms with van der Waals surface area (Å²) >= 11 is 0. The van der Waals surface area contributed by atoms with Gasteiger partial charge < -0.3 is 4.74 Å². The lowest BCUT2D eigenvalue weighted by Gasteiger charge is -2.35. The second-order valence-electron chi connectivity index (χ2n) is 6.99. The fourth-order valence-electron chi connectivity index (χ4n) is 3.88. The van der Waals surface area contributed by atoms with E-state index in [1.54, 1.807) is 7.11 Å². The third kappa shape index (κ3) is 4.49. The Morgan fingerprint density at radius 3 is 1.81 bits per heavy atom. The van der Waals surface area contributed by atoms with E-state index in [1.165, 1.54) is 16.7 Å². The molecule has 0 aromatic heterocycles. The molecule has 0 aliphatic carbocycles. The normalized spacial score (nSPS) is 11.1. The van der Waals surface area contributed by atoms with Crippen molar-refractivity contribution in [3.63, 3.8) is 0 Å². The summed E-state index contributed by atoms with van der Waals surface area (Å²) in [6.45, 7) is 3.97. The number of methoxy groups -OCH3 is 1. The molecule has 3 aromatic rings. The smallest absolute Gasteiger partial charge is 0.118 e. The van der Waals surface area contributed by atoms with Crippen molar-refractivity contribution in [1.29, 1.82) is 0 Å². The molecule has 0 saturated carbocycles. The molecule has 0 N–H and O–H groups in total. The zero-order valence-electron chi connectivity index (χ0n) is 16.1. The van der Waals surface area contributed by atoms with Crippen LogP contribution >= 0.6 is 0 Å². The van der Waals surface area contributed by atoms with Crippen LogP contribution in [0.2, 0.25) is 0 Å². The van der Waals surface area contributed by atoms with E-state index in [0.29, 0.717) is 0 Å². The van der Waals surface area contributed by atoms with Crippen LogP contribution in [0.4, 0.5) is 0 Å². The molecule has 0 aliphatic rings. The molecule has 0 radical (unpaired) electrons. The maximum Gasteiger partial charge on any atom is 0.118 e. The van der Waals surface area contributed by atoms with Crippen molar-refractivity contribution >= 4 is 0 Å². The SMILES string of the molecule is C=CCCC(CCc1ccc(OC)cc1)(c1ccccc1)c1ccccc1. The number of hydrogen-bond acceptors (Lipinski definition) is 1. The highest BCUT2D eigenvalue weighted by molar-refractivity contribution is 5.40. The third-order valence-electron chi connectivity index (χ3n) is 5.43. The third-order valence-corrected chi connectivity index (χ3v) is 5.43. The Kier molecular flexibility index (Phi) is 6.49. The molecule has 0 atom stereocenters. The Labute approximate surface area is 163 Å². The molecule has 0 amide bonds. The number of rotatable bonds is 9. The van der Waals surface area contributed by atoms with Crippen molar-refractivity contribution in [1.82, 2.24) is 0 Å². The fourth-order valence-corrected chi connectivity index (χ4v) is 3.88. The molecule has 0 unspecified atom stereocenters. The first-order valence-electron chi connectivity index (χ1n) is 9.63. The number of ether oxygens (including phenoxy) is 1. The summed E-state index contributed by atoms with van der Waals surface area (Å²) in [6.07, 6.45) is 6.16. The van der Waals surface area contributed by atoms with E-state index >= 15 is 0 Å². The van der Waals surface area contributed by atoms with Crippen LogP contribution in [0.3, 0.4) is 0 Å². The predicted octanol–water partition coefficient (Wildman–Crippen LogP) is 6.58. The van der Waals surface area contributed by atoms with Gasteiger partial charge in [0.15, 0.2) is 0 Å². The van der Waals surface area contributed by atoms with E-state index in [-0.39, 0.29) is 5.41 Å². The molecule has 1 heteroatoms. The molecule has 3 rings (SSSR count). The first-order chi connectivity index (χ1) is 13.3. The Morgan fingerprint density at radius 2 is 1.33 bits per heavy atom. The summed E-state index contributed by atoms with van der Waals surface area (Å²) in [7, 11) is 1.71. The van der Waals surface area contributed by atoms with Gasteiger partial charge in [-0.05, 0) is 54.5 Å². The quantitative estimate of drug-likeness (QED) is 0.393. The molecular weight excluding hydrogens is 328 g/mol. The minimum atomic E-state index is -0.0172. The Hall–Kier alpha value is -2.80. The Bertz CT molecular complexity index is 780. The van der Waals surface area contributed by atoms with E-state index in [4.69, 9.17) is 4.74 Å². The van der Waals surface area contributed by atoms with Crippen molar-refractivity contribution in [2.45, 2.75) is 31.1 Å². The number of benzene rings is 3. The largest absolute Gasteiger partial charge is 0.497 e. The molecule has 3 aromatic carbocycles. The summed E-state index contributed by atoms with van der Waals surface area (Å²) in [5.74, 6) is 0.905. The maximum atomic E-state index is 5.30. The van der Waals surface area contributed by atoms with E-state index in [1.807, 2.05) is 18.2 Å². The average molecular weight is 357 g/mol. The van der Waals surface area contributed by atoms with Crippen LogP contribution in [0.15, 0.2) is 97.6 Å². The number of allylic oxidation sites excluding steroid dienone is 1. The zero-order chi connectivity index (χ0) is 19.0. The topological polar surface area (TPSA) is 9.23 Å². The average Bonchev–Trinajstić information content (AvgIpc) is 2.76. The highest BCUT2D eigenvalue weighted by atomic mass is 16.5.